The number of aliphatic hydroxyl groups excluding tert-OH is 4. The van der Waals surface area contributed by atoms with Crippen LogP contribution in [-0.4, -0.2) is 126 Å². The van der Waals surface area contributed by atoms with Crippen LogP contribution in [0.1, 0.15) is 354 Å². The number of ketones is 2. The normalized spacial score (nSPS) is 25.3. The molecular formula is C90H161NO13. The number of ether oxygens (including phenoxy) is 4. The average molecular weight is 1470 g/mol. The Morgan fingerprint density at radius 2 is 1.00 bits per heavy atom. The van der Waals surface area contributed by atoms with Gasteiger partial charge in [-0.25, -0.2) is 0 Å². The number of amides is 1. The van der Waals surface area contributed by atoms with Crippen LogP contribution in [0.2, 0.25) is 0 Å². The Bertz CT molecular complexity index is 2440. The molecule has 604 valence electrons. The van der Waals surface area contributed by atoms with Crippen LogP contribution in [0.25, 0.3) is 0 Å². The summed E-state index contributed by atoms with van der Waals surface area (Å²) < 4.78 is 21.4. The first-order chi connectivity index (χ1) is 49.8. The number of allylic oxidation sites excluding steroid dienone is 9. The van der Waals surface area contributed by atoms with Crippen molar-refractivity contribution in [1.82, 2.24) is 4.90 Å². The van der Waals surface area contributed by atoms with Gasteiger partial charge in [-0.05, 0) is 252 Å². The number of unbranched alkanes of at least 4 members (excludes halogenated alkanes) is 8. The zero-order chi connectivity index (χ0) is 77.8. The maximum Gasteiger partial charge on any atom is 0.306 e. The lowest BCUT2D eigenvalue weighted by molar-refractivity contribution is -0.233. The largest absolute Gasteiger partial charge is 0.469 e. The highest BCUT2D eigenvalue weighted by Crippen LogP contribution is 2.48. The van der Waals surface area contributed by atoms with Crippen molar-refractivity contribution in [1.29, 1.82) is 0 Å². The topological polar surface area (TPSA) is 206 Å². The summed E-state index contributed by atoms with van der Waals surface area (Å²) in [5.41, 5.74) is 6.85. The van der Waals surface area contributed by atoms with Crippen LogP contribution in [0.3, 0.4) is 0 Å². The number of hydrogen-bond donors (Lipinski definition) is 4. The number of hydrogen-bond acceptors (Lipinski definition) is 13. The lowest BCUT2D eigenvalue weighted by Crippen LogP contribution is -2.40. The van der Waals surface area contributed by atoms with Crippen LogP contribution < -0.4 is 0 Å². The van der Waals surface area contributed by atoms with E-state index in [1.807, 2.05) is 38.7 Å². The predicted molar refractivity (Wildman–Crippen MR) is 431 cm³/mol. The summed E-state index contributed by atoms with van der Waals surface area (Å²) in [6, 6.07) is 0. The Morgan fingerprint density at radius 3 is 1.48 bits per heavy atom. The van der Waals surface area contributed by atoms with Gasteiger partial charge in [0.05, 0.1) is 25.4 Å². The highest BCUT2D eigenvalue weighted by Gasteiger charge is 2.49. The van der Waals surface area contributed by atoms with E-state index in [4.69, 9.17) is 24.1 Å². The van der Waals surface area contributed by atoms with Crippen molar-refractivity contribution in [3.05, 3.63) is 58.2 Å². The van der Waals surface area contributed by atoms with E-state index >= 15 is 0 Å². The first-order valence-corrected chi connectivity index (χ1v) is 42.3. The number of Topliss-reactive ketones (excluding diaryl/α,β-unsaturated/α-hetero) is 2. The second-order valence-electron chi connectivity index (χ2n) is 32.4. The predicted octanol–water partition coefficient (Wildman–Crippen LogP) is 21.4. The molecule has 4 N–H and O–H groups in total. The minimum atomic E-state index is -0.508. The Labute approximate surface area is 637 Å². The molecular weight excluding hydrogens is 1300 g/mol. The summed E-state index contributed by atoms with van der Waals surface area (Å²) in [5.74, 6) is 3.89. The monoisotopic (exact) mass is 1460 g/mol. The van der Waals surface area contributed by atoms with Gasteiger partial charge in [0.25, 0.3) is 0 Å². The molecule has 0 saturated heterocycles. The van der Waals surface area contributed by atoms with E-state index in [0.717, 1.165) is 179 Å². The Kier molecular flexibility index (Phi) is 55.8. The number of rotatable bonds is 40. The molecule has 0 aliphatic heterocycles. The van der Waals surface area contributed by atoms with Crippen molar-refractivity contribution in [2.45, 2.75) is 378 Å². The number of esters is 2. The van der Waals surface area contributed by atoms with Gasteiger partial charge in [0, 0.05) is 90.2 Å². The van der Waals surface area contributed by atoms with E-state index in [1.54, 1.807) is 14.2 Å². The maximum atomic E-state index is 12.2. The molecule has 13 atom stereocenters. The molecule has 6 fully saturated rings. The molecule has 0 spiro atoms. The van der Waals surface area contributed by atoms with Crippen molar-refractivity contribution in [2.24, 2.45) is 59.2 Å². The number of nitrogens with zero attached hydrogens (tertiary/aromatic N) is 1. The molecule has 13 unspecified atom stereocenters. The van der Waals surface area contributed by atoms with Crippen LogP contribution in [0.15, 0.2) is 58.2 Å². The fraction of sp³-hybridized carbons (Fsp3) is 0.833. The summed E-state index contributed by atoms with van der Waals surface area (Å²) in [6.45, 7) is 31.9. The lowest BCUT2D eigenvalue weighted by Gasteiger charge is -2.35. The molecule has 0 heterocycles. The minimum absolute atomic E-state index is 0.0400. The Morgan fingerprint density at radius 1 is 0.481 bits per heavy atom. The summed E-state index contributed by atoms with van der Waals surface area (Å²) in [5, 5.41) is 38.5. The summed E-state index contributed by atoms with van der Waals surface area (Å²) >= 11 is 0. The minimum Gasteiger partial charge on any atom is -0.469 e. The Balaban J connectivity index is 0.000000626. The number of aliphatic hydroxyl groups is 4. The van der Waals surface area contributed by atoms with Crippen molar-refractivity contribution in [3.8, 4) is 0 Å². The summed E-state index contributed by atoms with van der Waals surface area (Å²) in [7, 11) is 4.86. The van der Waals surface area contributed by atoms with Gasteiger partial charge < -0.3 is 44.3 Å². The van der Waals surface area contributed by atoms with Gasteiger partial charge in [-0.15, -0.1) is 0 Å². The van der Waals surface area contributed by atoms with Crippen LogP contribution in [0, 0.1) is 59.2 Å². The second-order valence-corrected chi connectivity index (χ2v) is 32.4. The maximum absolute atomic E-state index is 12.2. The Hall–Kier alpha value is -3.79. The molecule has 6 aliphatic rings. The fourth-order valence-electron chi connectivity index (χ4n) is 16.7. The van der Waals surface area contributed by atoms with Gasteiger partial charge in [0.15, 0.2) is 5.79 Å². The molecule has 0 aromatic carbocycles. The smallest absolute Gasteiger partial charge is 0.306 e. The molecule has 0 bridgehead atoms. The summed E-state index contributed by atoms with van der Waals surface area (Å²) in [4.78, 5) is 60.8. The van der Waals surface area contributed by atoms with E-state index in [-0.39, 0.29) is 60.5 Å². The van der Waals surface area contributed by atoms with Gasteiger partial charge in [-0.2, -0.15) is 0 Å². The average Bonchev–Trinajstić information content (AvgIpc) is 1.60. The molecule has 14 nitrogen and oxygen atoms in total. The zero-order valence-electron chi connectivity index (χ0n) is 69.9. The quantitative estimate of drug-likeness (QED) is 0.0195. The van der Waals surface area contributed by atoms with E-state index in [9.17, 15) is 39.3 Å². The second kappa shape index (κ2) is 59.1. The van der Waals surface area contributed by atoms with E-state index in [0.29, 0.717) is 85.3 Å². The molecule has 14 heteroatoms. The lowest BCUT2D eigenvalue weighted by atomic mass is 9.85. The SMILES string of the molecule is CC(C)=CCC/C(C)=C/CC1CCCC1=O.CC(C)=CCC/C(C)=C/CC1CCCC1O.CCCCCC1C(=O)CCC1CC(=O)N(CC)CC.CCCCCC1C(CC(=O)OC)CCC1(OC)OC.CCCCCC1C(O)CCC1CC(=O)OCC=C(C)C.CCCCCC1C(O)CCC1CCO. The number of carbonyl (C=O) groups is 5. The van der Waals surface area contributed by atoms with Crippen LogP contribution in [0.5, 0.6) is 0 Å². The molecule has 1 amide bonds. The zero-order valence-corrected chi connectivity index (χ0v) is 69.9. The van der Waals surface area contributed by atoms with Crippen molar-refractivity contribution >= 4 is 29.4 Å². The highest BCUT2D eigenvalue weighted by molar-refractivity contribution is 5.85. The molecule has 0 radical (unpaired) electrons. The van der Waals surface area contributed by atoms with Crippen molar-refractivity contribution < 1.29 is 63.3 Å². The summed E-state index contributed by atoms with van der Waals surface area (Å²) in [6.07, 6.45) is 52.1. The molecule has 6 saturated carbocycles. The van der Waals surface area contributed by atoms with Gasteiger partial charge >= 0.3 is 11.9 Å². The van der Waals surface area contributed by atoms with Crippen LogP contribution in [0.4, 0.5) is 0 Å². The number of carbonyl (C=O) groups excluding carboxylic acids is 5. The standard InChI is InChI=1S/C17H30O3.C16H29NO2.C15H28O4.C15H26O.C15H24O.C12H24O2/c1-4-5-6-7-15-14(8-9-16(15)18)12-17(19)20-11-10-13(2)3;1-4-7-8-9-14-13(10-11-15(14)18)12-16(19)17(5-2)6-3;1-5-6-7-8-13-12(11-14(16)17-2)9-10-15(13,18-3)19-4;2*1-12(2)6-4-7-13(3)10-11-14-8-5-9-15(14)16;1-2-3-4-5-11-10(8-9-13)6-7-12(11)14/h10,14-16,18H,4-9,11-12H2,1-3H3;13-14H,4-12H2,1-3H3;12-13H,5-11H2,1-4H3;6,10,14-16H,4-5,7-9,11H2,1-3H3;6,10,14H,4-5,7-9,11H2,1-3H3;10-14H,2-9H2,1H3/b;;;2*13-10+;. The van der Waals surface area contributed by atoms with Gasteiger partial charge in [0.2, 0.25) is 5.91 Å². The molecule has 0 aromatic heterocycles. The fourth-order valence-corrected chi connectivity index (χ4v) is 16.7. The molecule has 6 rings (SSSR count). The first-order valence-electron chi connectivity index (χ1n) is 42.3. The molecule has 0 aromatic rings. The third-order valence-corrected chi connectivity index (χ3v) is 23.4. The third-order valence-electron chi connectivity index (χ3n) is 23.4. The van der Waals surface area contributed by atoms with Crippen molar-refractivity contribution in [2.75, 3.05) is 47.6 Å². The van der Waals surface area contributed by atoms with Gasteiger partial charge in [-0.1, -0.05) is 163 Å². The van der Waals surface area contributed by atoms with E-state index in [1.165, 1.54) is 100 Å². The van der Waals surface area contributed by atoms with Crippen LogP contribution >= 0.6 is 0 Å². The molecule has 6 aliphatic carbocycles. The third kappa shape index (κ3) is 41.1. The van der Waals surface area contributed by atoms with Gasteiger partial charge in [-0.3, -0.25) is 24.0 Å². The van der Waals surface area contributed by atoms with E-state index < -0.39 is 5.79 Å². The van der Waals surface area contributed by atoms with Crippen molar-refractivity contribution in [3.63, 3.8) is 0 Å². The first kappa shape index (κ1) is 98.2. The molecule has 104 heavy (non-hydrogen) atoms. The van der Waals surface area contributed by atoms with Crippen LogP contribution in [-0.2, 0) is 42.9 Å². The van der Waals surface area contributed by atoms with Gasteiger partial charge in [0.1, 0.15) is 18.2 Å². The number of methoxy groups -OCH3 is 3. The highest BCUT2D eigenvalue weighted by atomic mass is 16.7. The van der Waals surface area contributed by atoms with E-state index in [2.05, 4.69) is 93.5 Å².